The predicted molar refractivity (Wildman–Crippen MR) is 120 cm³/mol. The van der Waals surface area contributed by atoms with E-state index < -0.39 is 6.04 Å². The molecule has 0 bridgehead atoms. The van der Waals surface area contributed by atoms with Crippen LogP contribution in [0.1, 0.15) is 61.3 Å². The van der Waals surface area contributed by atoms with Crippen molar-refractivity contribution in [2.24, 2.45) is 0 Å². The number of nitrogens with one attached hydrogen (secondary N) is 2. The largest absolute Gasteiger partial charge is 0.394 e. The predicted octanol–water partition coefficient (Wildman–Crippen LogP) is 2.96. The van der Waals surface area contributed by atoms with Crippen LogP contribution in [0, 0.1) is 0 Å². The smallest absolute Gasteiger partial charge is 0.252 e. The Morgan fingerprint density at radius 2 is 2.06 bits per heavy atom. The average molecular weight is 466 g/mol. The maximum atomic E-state index is 12.6. The molecule has 3 N–H and O–H groups in total. The first-order chi connectivity index (χ1) is 15.0. The van der Waals surface area contributed by atoms with Crippen molar-refractivity contribution in [1.82, 2.24) is 25.4 Å². The molecule has 2 amide bonds. The quantitative estimate of drug-likeness (QED) is 0.491. The average Bonchev–Trinajstić information content (AvgIpc) is 3.19. The molecule has 1 atom stereocenters. The highest BCUT2D eigenvalue weighted by molar-refractivity contribution is 7.99. The number of carbonyl (C=O) groups is 2. The lowest BCUT2D eigenvalue weighted by molar-refractivity contribution is -0.119. The second kappa shape index (κ2) is 11.5. The van der Waals surface area contributed by atoms with Crippen LogP contribution < -0.4 is 10.6 Å². The molecule has 0 aliphatic heterocycles. The van der Waals surface area contributed by atoms with Crippen LogP contribution in [0.4, 0.5) is 0 Å². The van der Waals surface area contributed by atoms with E-state index in [2.05, 4.69) is 20.8 Å². The van der Waals surface area contributed by atoms with Crippen LogP contribution >= 0.6 is 23.4 Å². The Morgan fingerprint density at radius 3 is 2.74 bits per heavy atom. The van der Waals surface area contributed by atoms with E-state index in [4.69, 9.17) is 11.6 Å². The fourth-order valence-corrected chi connectivity index (χ4v) is 4.68. The van der Waals surface area contributed by atoms with Gasteiger partial charge in [0, 0.05) is 23.2 Å². The first-order valence-electron chi connectivity index (χ1n) is 10.5. The van der Waals surface area contributed by atoms with Gasteiger partial charge in [0.15, 0.2) is 11.0 Å². The topological polar surface area (TPSA) is 109 Å². The molecule has 1 aromatic carbocycles. The molecule has 8 nitrogen and oxygen atoms in total. The van der Waals surface area contributed by atoms with Crippen LogP contribution in [0.2, 0.25) is 5.02 Å². The summed E-state index contributed by atoms with van der Waals surface area (Å²) in [4.78, 5) is 24.9. The molecular weight excluding hydrogens is 438 g/mol. The van der Waals surface area contributed by atoms with Gasteiger partial charge in [-0.05, 0) is 38.0 Å². The van der Waals surface area contributed by atoms with E-state index in [-0.39, 0.29) is 30.2 Å². The third kappa shape index (κ3) is 6.44. The van der Waals surface area contributed by atoms with Crippen LogP contribution in [-0.2, 0) is 11.3 Å². The number of carbonyl (C=O) groups excluding carboxylic acids is 2. The summed E-state index contributed by atoms with van der Waals surface area (Å²) in [5, 5.41) is 25.1. The molecule has 1 aliphatic carbocycles. The van der Waals surface area contributed by atoms with Gasteiger partial charge in [-0.2, -0.15) is 0 Å². The summed E-state index contributed by atoms with van der Waals surface area (Å²) >= 11 is 7.26. The van der Waals surface area contributed by atoms with Crippen LogP contribution in [-0.4, -0.2) is 50.1 Å². The summed E-state index contributed by atoms with van der Waals surface area (Å²) < 4.78 is 1.80. The molecule has 168 valence electrons. The maximum absolute atomic E-state index is 12.6. The normalized spacial score (nSPS) is 15.5. The van der Waals surface area contributed by atoms with Crippen molar-refractivity contribution in [3.8, 4) is 0 Å². The van der Waals surface area contributed by atoms with Gasteiger partial charge < -0.3 is 20.3 Å². The van der Waals surface area contributed by atoms with Crippen molar-refractivity contribution in [3.05, 3.63) is 40.7 Å². The highest BCUT2D eigenvalue weighted by Gasteiger charge is 2.23. The summed E-state index contributed by atoms with van der Waals surface area (Å²) in [6, 6.07) is 6.11. The van der Waals surface area contributed by atoms with Gasteiger partial charge in [-0.1, -0.05) is 48.7 Å². The Balaban J connectivity index is 1.63. The van der Waals surface area contributed by atoms with E-state index >= 15 is 0 Å². The van der Waals surface area contributed by atoms with Gasteiger partial charge in [-0.3, -0.25) is 9.59 Å². The summed E-state index contributed by atoms with van der Waals surface area (Å²) in [7, 11) is 0. The van der Waals surface area contributed by atoms with E-state index in [1.807, 2.05) is 6.92 Å². The first-order valence-corrected chi connectivity index (χ1v) is 11.9. The van der Waals surface area contributed by atoms with Gasteiger partial charge in [-0.25, -0.2) is 0 Å². The number of aromatic nitrogens is 3. The molecule has 0 spiro atoms. The third-order valence-electron chi connectivity index (χ3n) is 5.25. The molecule has 1 saturated carbocycles. The molecule has 0 radical (unpaired) electrons. The van der Waals surface area contributed by atoms with Crippen LogP contribution in [0.5, 0.6) is 0 Å². The monoisotopic (exact) mass is 465 g/mol. The van der Waals surface area contributed by atoms with Gasteiger partial charge in [0.25, 0.3) is 5.91 Å². The van der Waals surface area contributed by atoms with Gasteiger partial charge >= 0.3 is 0 Å². The molecule has 31 heavy (non-hydrogen) atoms. The number of rotatable bonds is 9. The van der Waals surface area contributed by atoms with Gasteiger partial charge in [-0.15, -0.1) is 10.2 Å². The van der Waals surface area contributed by atoms with Crippen molar-refractivity contribution in [2.75, 3.05) is 12.4 Å². The van der Waals surface area contributed by atoms with E-state index in [1.165, 1.54) is 18.2 Å². The van der Waals surface area contributed by atoms with Crippen molar-refractivity contribution in [3.63, 3.8) is 0 Å². The molecule has 2 aromatic rings. The van der Waals surface area contributed by atoms with Crippen LogP contribution in [0.3, 0.4) is 0 Å². The highest BCUT2D eigenvalue weighted by Crippen LogP contribution is 2.22. The second-order valence-corrected chi connectivity index (χ2v) is 8.87. The Bertz CT molecular complexity index is 901. The number of hydrogen-bond acceptors (Lipinski definition) is 6. The second-order valence-electron chi connectivity index (χ2n) is 7.50. The molecule has 1 aliphatic rings. The Morgan fingerprint density at radius 1 is 1.29 bits per heavy atom. The minimum Gasteiger partial charge on any atom is -0.394 e. The molecular formula is C21H28ClN5O3S. The third-order valence-corrected chi connectivity index (χ3v) is 6.45. The number of nitrogens with zero attached hydrogens (tertiary/aromatic N) is 3. The fraction of sp³-hybridized carbons (Fsp3) is 0.524. The molecule has 1 heterocycles. The van der Waals surface area contributed by atoms with Crippen molar-refractivity contribution >= 4 is 35.2 Å². The van der Waals surface area contributed by atoms with E-state index in [0.717, 1.165) is 25.7 Å². The molecule has 1 aromatic heterocycles. The molecule has 0 saturated heterocycles. The van der Waals surface area contributed by atoms with E-state index in [9.17, 15) is 14.7 Å². The first kappa shape index (κ1) is 23.6. The highest BCUT2D eigenvalue weighted by atomic mass is 35.5. The number of amides is 2. The number of thioether (sulfide) groups is 1. The van der Waals surface area contributed by atoms with Gasteiger partial charge in [0.1, 0.15) is 6.04 Å². The van der Waals surface area contributed by atoms with Crippen LogP contribution in [0.15, 0.2) is 29.4 Å². The SMILES string of the molecule is CCn1c(SCC(=O)NC2CCCCC2)nnc1C(CO)NC(=O)c1cccc(Cl)c1. The van der Waals surface area contributed by atoms with Crippen molar-refractivity contribution in [1.29, 1.82) is 0 Å². The Labute approximate surface area is 191 Å². The fourth-order valence-electron chi connectivity index (χ4n) is 3.67. The summed E-state index contributed by atoms with van der Waals surface area (Å²) in [6.07, 6.45) is 5.64. The summed E-state index contributed by atoms with van der Waals surface area (Å²) in [5.74, 6) is 0.300. The van der Waals surface area contributed by atoms with Gasteiger partial charge in [0.05, 0.1) is 12.4 Å². The number of halogens is 1. The lowest BCUT2D eigenvalue weighted by Gasteiger charge is -2.22. The molecule has 3 rings (SSSR count). The van der Waals surface area contributed by atoms with E-state index in [1.54, 1.807) is 28.8 Å². The van der Waals surface area contributed by atoms with E-state index in [0.29, 0.717) is 28.1 Å². The molecule has 10 heteroatoms. The zero-order valence-corrected chi connectivity index (χ0v) is 19.1. The maximum Gasteiger partial charge on any atom is 0.252 e. The number of aliphatic hydroxyl groups excluding tert-OH is 1. The Hall–Kier alpha value is -2.10. The Kier molecular flexibility index (Phi) is 8.74. The number of aliphatic hydroxyl groups is 1. The number of benzene rings is 1. The van der Waals surface area contributed by atoms with Crippen molar-refractivity contribution < 1.29 is 14.7 Å². The summed E-state index contributed by atoms with van der Waals surface area (Å²) in [5.41, 5.74) is 0.391. The number of hydrogen-bond donors (Lipinski definition) is 3. The minimum absolute atomic E-state index is 0.0166. The summed E-state index contributed by atoms with van der Waals surface area (Å²) in [6.45, 7) is 2.13. The van der Waals surface area contributed by atoms with Crippen LogP contribution in [0.25, 0.3) is 0 Å². The lowest BCUT2D eigenvalue weighted by atomic mass is 9.95. The zero-order chi connectivity index (χ0) is 22.2. The van der Waals surface area contributed by atoms with Crippen molar-refractivity contribution in [2.45, 2.75) is 62.8 Å². The minimum atomic E-state index is -0.732. The van der Waals surface area contributed by atoms with Gasteiger partial charge in [0.2, 0.25) is 5.91 Å². The lowest BCUT2D eigenvalue weighted by Crippen LogP contribution is -2.37. The zero-order valence-electron chi connectivity index (χ0n) is 17.5. The molecule has 1 fully saturated rings. The molecule has 1 unspecified atom stereocenters. The standard InChI is InChI=1S/C21H28ClN5O3S/c1-2-27-19(17(12-28)24-20(30)14-7-6-8-15(22)11-14)25-26-21(27)31-13-18(29)23-16-9-4-3-5-10-16/h6-8,11,16-17,28H,2-5,9-10,12-13H2,1H3,(H,23,29)(H,24,30).